The number of carbonyl (C=O) groups excluding carboxylic acids is 1. The molecular formula is C20H19FN2O2. The summed E-state index contributed by atoms with van der Waals surface area (Å²) in [6.07, 6.45) is 0.559. The third kappa shape index (κ3) is 4.32. The minimum Gasteiger partial charge on any atom is -0.352 e. The Balaban J connectivity index is 1.62. The van der Waals surface area contributed by atoms with Crippen LogP contribution in [-0.4, -0.2) is 10.9 Å². The maximum atomic E-state index is 13.2. The largest absolute Gasteiger partial charge is 0.352 e. The number of fused-ring (bicyclic) bond motifs is 1. The molecular weight excluding hydrogens is 319 g/mol. The Kier molecular flexibility index (Phi) is 4.93. The molecule has 128 valence electrons. The quantitative estimate of drug-likeness (QED) is 0.750. The first kappa shape index (κ1) is 16.9. The molecule has 0 bridgehead atoms. The summed E-state index contributed by atoms with van der Waals surface area (Å²) in [5.41, 5.74) is 2.87. The van der Waals surface area contributed by atoms with Crippen molar-refractivity contribution >= 4 is 16.8 Å². The molecule has 0 fully saturated rings. The Morgan fingerprint density at radius 1 is 1.16 bits per heavy atom. The Bertz CT molecular complexity index is 979. The minimum atomic E-state index is -0.397. The second-order valence-corrected chi connectivity index (χ2v) is 6.12. The lowest BCUT2D eigenvalue weighted by Crippen LogP contribution is -2.24. The number of halogens is 1. The van der Waals surface area contributed by atoms with Crippen molar-refractivity contribution in [1.82, 2.24) is 10.3 Å². The molecule has 3 aromatic rings. The second-order valence-electron chi connectivity index (χ2n) is 6.12. The maximum absolute atomic E-state index is 13.2. The fraction of sp³-hybridized carbons (Fsp3) is 0.200. The van der Waals surface area contributed by atoms with Gasteiger partial charge in [-0.25, -0.2) is 4.39 Å². The van der Waals surface area contributed by atoms with Crippen molar-refractivity contribution in [3.8, 4) is 0 Å². The first-order valence-electron chi connectivity index (χ1n) is 8.15. The number of amides is 1. The molecule has 3 rings (SSSR count). The molecule has 2 N–H and O–H groups in total. The summed E-state index contributed by atoms with van der Waals surface area (Å²) in [7, 11) is 0. The molecule has 0 saturated heterocycles. The minimum absolute atomic E-state index is 0.111. The SMILES string of the molecule is Cc1cccc(CNC(=O)CCc2cc3ccc(F)cc3[nH]c2=O)c1. The van der Waals surface area contributed by atoms with Gasteiger partial charge in [0.15, 0.2) is 0 Å². The van der Waals surface area contributed by atoms with Crippen molar-refractivity contribution in [3.63, 3.8) is 0 Å². The molecule has 1 aromatic heterocycles. The number of hydrogen-bond acceptors (Lipinski definition) is 2. The molecule has 0 aliphatic heterocycles. The number of rotatable bonds is 5. The molecule has 0 spiro atoms. The molecule has 0 aliphatic carbocycles. The van der Waals surface area contributed by atoms with E-state index in [0.29, 0.717) is 24.0 Å². The van der Waals surface area contributed by atoms with Gasteiger partial charge in [-0.05, 0) is 48.6 Å². The van der Waals surface area contributed by atoms with E-state index >= 15 is 0 Å². The van der Waals surface area contributed by atoms with Crippen LogP contribution in [0.25, 0.3) is 10.9 Å². The molecule has 0 radical (unpaired) electrons. The van der Waals surface area contributed by atoms with E-state index in [1.807, 2.05) is 31.2 Å². The molecule has 2 aromatic carbocycles. The average Bonchev–Trinajstić information content (AvgIpc) is 2.58. The van der Waals surface area contributed by atoms with Crippen LogP contribution >= 0.6 is 0 Å². The highest BCUT2D eigenvalue weighted by molar-refractivity contribution is 5.79. The molecule has 0 aliphatic rings. The van der Waals surface area contributed by atoms with Gasteiger partial charge in [0.2, 0.25) is 5.91 Å². The van der Waals surface area contributed by atoms with Crippen molar-refractivity contribution in [2.24, 2.45) is 0 Å². The van der Waals surface area contributed by atoms with Crippen molar-refractivity contribution in [1.29, 1.82) is 0 Å². The summed E-state index contributed by atoms with van der Waals surface area (Å²) in [5, 5.41) is 3.61. The zero-order chi connectivity index (χ0) is 17.8. The van der Waals surface area contributed by atoms with E-state index < -0.39 is 5.82 Å². The summed E-state index contributed by atoms with van der Waals surface area (Å²) in [6.45, 7) is 2.47. The first-order valence-corrected chi connectivity index (χ1v) is 8.15. The lowest BCUT2D eigenvalue weighted by atomic mass is 10.1. The third-order valence-corrected chi connectivity index (χ3v) is 4.08. The van der Waals surface area contributed by atoms with E-state index in [0.717, 1.165) is 16.5 Å². The highest BCUT2D eigenvalue weighted by Gasteiger charge is 2.07. The van der Waals surface area contributed by atoms with Crippen LogP contribution in [0.5, 0.6) is 0 Å². The smallest absolute Gasteiger partial charge is 0.251 e. The van der Waals surface area contributed by atoms with E-state index in [2.05, 4.69) is 10.3 Å². The van der Waals surface area contributed by atoms with Crippen LogP contribution in [-0.2, 0) is 17.8 Å². The number of carbonyl (C=O) groups is 1. The van der Waals surface area contributed by atoms with E-state index in [1.165, 1.54) is 12.1 Å². The van der Waals surface area contributed by atoms with Crippen molar-refractivity contribution in [3.05, 3.63) is 81.4 Å². The van der Waals surface area contributed by atoms with E-state index in [-0.39, 0.29) is 17.9 Å². The summed E-state index contributed by atoms with van der Waals surface area (Å²) in [4.78, 5) is 26.7. The molecule has 1 amide bonds. The lowest BCUT2D eigenvalue weighted by Gasteiger charge is -2.07. The van der Waals surface area contributed by atoms with Crippen LogP contribution in [0.4, 0.5) is 4.39 Å². The fourth-order valence-corrected chi connectivity index (χ4v) is 2.76. The van der Waals surface area contributed by atoms with Crippen molar-refractivity contribution in [2.45, 2.75) is 26.3 Å². The maximum Gasteiger partial charge on any atom is 0.251 e. The molecule has 5 heteroatoms. The topological polar surface area (TPSA) is 62.0 Å². The van der Waals surface area contributed by atoms with Crippen LogP contribution in [0.3, 0.4) is 0 Å². The van der Waals surface area contributed by atoms with Crippen LogP contribution in [0.2, 0.25) is 0 Å². The number of benzene rings is 2. The molecule has 0 unspecified atom stereocenters. The fourth-order valence-electron chi connectivity index (χ4n) is 2.76. The Morgan fingerprint density at radius 2 is 2.00 bits per heavy atom. The number of hydrogen-bond donors (Lipinski definition) is 2. The molecule has 25 heavy (non-hydrogen) atoms. The zero-order valence-electron chi connectivity index (χ0n) is 13.9. The molecule has 1 heterocycles. The van der Waals surface area contributed by atoms with Gasteiger partial charge in [-0.2, -0.15) is 0 Å². The van der Waals surface area contributed by atoms with Crippen LogP contribution in [0.1, 0.15) is 23.1 Å². The number of nitrogens with one attached hydrogen (secondary N) is 2. The number of H-pyrrole nitrogens is 1. The van der Waals surface area contributed by atoms with Gasteiger partial charge in [0, 0.05) is 18.5 Å². The van der Waals surface area contributed by atoms with E-state index in [9.17, 15) is 14.0 Å². The Hall–Kier alpha value is -2.95. The highest BCUT2D eigenvalue weighted by atomic mass is 19.1. The molecule has 4 nitrogen and oxygen atoms in total. The number of aromatic amines is 1. The van der Waals surface area contributed by atoms with Gasteiger partial charge in [-0.15, -0.1) is 0 Å². The second kappa shape index (κ2) is 7.30. The molecule has 0 atom stereocenters. The van der Waals surface area contributed by atoms with Gasteiger partial charge >= 0.3 is 0 Å². The predicted molar refractivity (Wildman–Crippen MR) is 95.9 cm³/mol. The van der Waals surface area contributed by atoms with Crippen molar-refractivity contribution < 1.29 is 9.18 Å². The van der Waals surface area contributed by atoms with Crippen LogP contribution < -0.4 is 10.9 Å². The zero-order valence-corrected chi connectivity index (χ0v) is 13.9. The van der Waals surface area contributed by atoms with Gasteiger partial charge in [0.1, 0.15) is 5.82 Å². The van der Waals surface area contributed by atoms with Gasteiger partial charge in [0.25, 0.3) is 5.56 Å². The van der Waals surface area contributed by atoms with Crippen LogP contribution in [0, 0.1) is 12.7 Å². The monoisotopic (exact) mass is 338 g/mol. The third-order valence-electron chi connectivity index (χ3n) is 4.08. The molecule has 0 saturated carbocycles. The number of pyridine rings is 1. The van der Waals surface area contributed by atoms with E-state index in [4.69, 9.17) is 0 Å². The number of aryl methyl sites for hydroxylation is 2. The van der Waals surface area contributed by atoms with E-state index in [1.54, 1.807) is 12.1 Å². The van der Waals surface area contributed by atoms with Gasteiger partial charge in [0.05, 0.1) is 5.52 Å². The summed E-state index contributed by atoms with van der Waals surface area (Å²) < 4.78 is 13.2. The van der Waals surface area contributed by atoms with Crippen LogP contribution in [0.15, 0.2) is 53.3 Å². The standard InChI is InChI=1S/C20H19FN2O2/c1-13-3-2-4-14(9-13)12-22-19(24)8-6-16-10-15-5-7-17(21)11-18(15)23-20(16)25/h2-5,7,9-11H,6,8,12H2,1H3,(H,22,24)(H,23,25). The number of aromatic nitrogens is 1. The summed E-state index contributed by atoms with van der Waals surface area (Å²) >= 11 is 0. The Labute approximate surface area is 144 Å². The lowest BCUT2D eigenvalue weighted by molar-refractivity contribution is -0.121. The first-order chi connectivity index (χ1) is 12.0. The van der Waals surface area contributed by atoms with Gasteiger partial charge in [-0.3, -0.25) is 9.59 Å². The highest BCUT2D eigenvalue weighted by Crippen LogP contribution is 2.13. The normalized spacial score (nSPS) is 10.8. The predicted octanol–water partition coefficient (Wildman–Crippen LogP) is 3.22. The average molecular weight is 338 g/mol. The summed E-state index contributed by atoms with van der Waals surface area (Å²) in [6, 6.07) is 13.9. The van der Waals surface area contributed by atoms with Crippen molar-refractivity contribution in [2.75, 3.05) is 0 Å². The Morgan fingerprint density at radius 3 is 2.80 bits per heavy atom. The van der Waals surface area contributed by atoms with Gasteiger partial charge in [-0.1, -0.05) is 29.8 Å². The summed E-state index contributed by atoms with van der Waals surface area (Å²) in [5.74, 6) is -0.508. The van der Waals surface area contributed by atoms with Gasteiger partial charge < -0.3 is 10.3 Å².